The van der Waals surface area contributed by atoms with Crippen LogP contribution in [0.5, 0.6) is 0 Å². The van der Waals surface area contributed by atoms with E-state index in [4.69, 9.17) is 0 Å². The Bertz CT molecular complexity index is 269. The molecule has 0 aromatic heterocycles. The van der Waals surface area contributed by atoms with Crippen LogP contribution < -0.4 is 0 Å². The van der Waals surface area contributed by atoms with E-state index in [0.717, 1.165) is 32.1 Å². The van der Waals surface area contributed by atoms with Crippen molar-refractivity contribution in [3.63, 3.8) is 0 Å². The summed E-state index contributed by atoms with van der Waals surface area (Å²) in [5.74, 6) is 0.392. The molecule has 1 fully saturated rings. The highest BCUT2D eigenvalue weighted by Crippen LogP contribution is 2.31. The molecule has 0 heterocycles. The highest BCUT2D eigenvalue weighted by Gasteiger charge is 2.29. The zero-order chi connectivity index (χ0) is 10.8. The average Bonchev–Trinajstić information content (AvgIpc) is 2.01. The van der Waals surface area contributed by atoms with Gasteiger partial charge in [-0.25, -0.2) is 8.42 Å². The van der Waals surface area contributed by atoms with Crippen LogP contribution in [0.1, 0.15) is 39.0 Å². The van der Waals surface area contributed by atoms with E-state index in [1.807, 2.05) is 0 Å². The molecule has 84 valence electrons. The third-order valence-electron chi connectivity index (χ3n) is 3.01. The number of rotatable bonds is 3. The maximum atomic E-state index is 11.4. The van der Waals surface area contributed by atoms with Crippen LogP contribution in [0.2, 0.25) is 0 Å². The first kappa shape index (κ1) is 12.0. The summed E-state index contributed by atoms with van der Waals surface area (Å²) in [5.41, 5.74) is 0. The van der Waals surface area contributed by atoms with Gasteiger partial charge < -0.3 is 5.11 Å². The van der Waals surface area contributed by atoms with Gasteiger partial charge in [-0.15, -0.1) is 0 Å². The van der Waals surface area contributed by atoms with Crippen molar-refractivity contribution >= 4 is 9.84 Å². The van der Waals surface area contributed by atoms with Crippen molar-refractivity contribution in [2.45, 2.75) is 50.4 Å². The first-order chi connectivity index (χ1) is 6.39. The minimum absolute atomic E-state index is 0.167. The molecule has 3 nitrogen and oxygen atoms in total. The van der Waals surface area contributed by atoms with E-state index in [1.54, 1.807) is 6.92 Å². The third-order valence-corrected chi connectivity index (χ3v) is 4.65. The summed E-state index contributed by atoms with van der Waals surface area (Å²) >= 11 is 0. The Labute approximate surface area is 86.4 Å². The molecule has 1 saturated carbocycles. The predicted octanol–water partition coefficient (Wildman–Crippen LogP) is 1.36. The monoisotopic (exact) mass is 220 g/mol. The summed E-state index contributed by atoms with van der Waals surface area (Å²) in [7, 11) is -2.88. The Morgan fingerprint density at radius 1 is 1.43 bits per heavy atom. The van der Waals surface area contributed by atoms with Crippen LogP contribution in [-0.2, 0) is 9.84 Å². The lowest BCUT2D eigenvalue weighted by atomic mass is 9.85. The molecule has 0 amide bonds. The molecule has 0 aromatic carbocycles. The Kier molecular flexibility index (Phi) is 3.95. The van der Waals surface area contributed by atoms with Crippen LogP contribution in [0.15, 0.2) is 0 Å². The standard InChI is InChI=1S/C10H20O3S/c1-8(11)6-9-4-3-5-10(7-9)14(2,12)13/h8-11H,3-7H2,1-2H3. The van der Waals surface area contributed by atoms with Crippen LogP contribution in [0, 0.1) is 5.92 Å². The van der Waals surface area contributed by atoms with E-state index in [2.05, 4.69) is 0 Å². The summed E-state index contributed by atoms with van der Waals surface area (Å²) in [6, 6.07) is 0. The fraction of sp³-hybridized carbons (Fsp3) is 1.00. The van der Waals surface area contributed by atoms with Crippen molar-refractivity contribution in [3.8, 4) is 0 Å². The number of sulfone groups is 1. The molecular weight excluding hydrogens is 200 g/mol. The van der Waals surface area contributed by atoms with Gasteiger partial charge in [0.05, 0.1) is 11.4 Å². The second-order valence-corrected chi connectivity index (χ2v) is 6.89. The first-order valence-corrected chi connectivity index (χ1v) is 7.22. The van der Waals surface area contributed by atoms with Gasteiger partial charge in [-0.1, -0.05) is 12.8 Å². The largest absolute Gasteiger partial charge is 0.393 e. The van der Waals surface area contributed by atoms with Gasteiger partial charge in [-0.05, 0) is 32.1 Å². The minimum atomic E-state index is -2.88. The van der Waals surface area contributed by atoms with Gasteiger partial charge in [0.25, 0.3) is 0 Å². The average molecular weight is 220 g/mol. The molecular formula is C10H20O3S. The molecule has 1 rings (SSSR count). The molecule has 3 atom stereocenters. The van der Waals surface area contributed by atoms with Crippen molar-refractivity contribution in [1.82, 2.24) is 0 Å². The topological polar surface area (TPSA) is 54.4 Å². The Hall–Kier alpha value is -0.0900. The number of aliphatic hydroxyl groups excluding tert-OH is 1. The van der Waals surface area contributed by atoms with Gasteiger partial charge in [-0.2, -0.15) is 0 Å². The third kappa shape index (κ3) is 3.58. The Morgan fingerprint density at radius 2 is 2.07 bits per heavy atom. The van der Waals surface area contributed by atoms with Gasteiger partial charge in [-0.3, -0.25) is 0 Å². The lowest BCUT2D eigenvalue weighted by molar-refractivity contribution is 0.147. The van der Waals surface area contributed by atoms with Crippen molar-refractivity contribution in [2.75, 3.05) is 6.26 Å². The summed E-state index contributed by atoms with van der Waals surface area (Å²) in [4.78, 5) is 0. The van der Waals surface area contributed by atoms with Crippen LogP contribution >= 0.6 is 0 Å². The molecule has 1 aliphatic rings. The Morgan fingerprint density at radius 3 is 2.57 bits per heavy atom. The smallest absolute Gasteiger partial charge is 0.150 e. The number of aliphatic hydroxyl groups is 1. The van der Waals surface area contributed by atoms with E-state index in [0.29, 0.717) is 5.92 Å². The van der Waals surface area contributed by atoms with E-state index in [9.17, 15) is 13.5 Å². The van der Waals surface area contributed by atoms with Gasteiger partial charge in [0, 0.05) is 6.26 Å². The molecule has 0 bridgehead atoms. The maximum absolute atomic E-state index is 11.4. The van der Waals surface area contributed by atoms with Crippen molar-refractivity contribution in [3.05, 3.63) is 0 Å². The van der Waals surface area contributed by atoms with E-state index in [1.165, 1.54) is 6.26 Å². The maximum Gasteiger partial charge on any atom is 0.150 e. The van der Waals surface area contributed by atoms with Crippen LogP contribution in [0.25, 0.3) is 0 Å². The van der Waals surface area contributed by atoms with Gasteiger partial charge in [0.15, 0.2) is 0 Å². The van der Waals surface area contributed by atoms with E-state index < -0.39 is 9.84 Å². The quantitative estimate of drug-likeness (QED) is 0.781. The molecule has 1 aliphatic carbocycles. The van der Waals surface area contributed by atoms with Crippen molar-refractivity contribution < 1.29 is 13.5 Å². The summed E-state index contributed by atoms with van der Waals surface area (Å²) in [5, 5.41) is 9.08. The minimum Gasteiger partial charge on any atom is -0.393 e. The second kappa shape index (κ2) is 4.62. The molecule has 0 spiro atoms. The highest BCUT2D eigenvalue weighted by molar-refractivity contribution is 7.91. The summed E-state index contributed by atoms with van der Waals surface area (Å²) in [6.07, 6.45) is 5.35. The van der Waals surface area contributed by atoms with Gasteiger partial charge in [0.1, 0.15) is 9.84 Å². The SMILES string of the molecule is CC(O)CC1CCCC(S(C)(=O)=O)C1. The molecule has 4 heteroatoms. The zero-order valence-electron chi connectivity index (χ0n) is 8.94. The zero-order valence-corrected chi connectivity index (χ0v) is 9.76. The summed E-state index contributed by atoms with van der Waals surface area (Å²) < 4.78 is 22.7. The van der Waals surface area contributed by atoms with Crippen molar-refractivity contribution in [2.24, 2.45) is 5.92 Å². The van der Waals surface area contributed by atoms with Gasteiger partial charge >= 0.3 is 0 Å². The number of hydrogen-bond acceptors (Lipinski definition) is 3. The molecule has 14 heavy (non-hydrogen) atoms. The molecule has 0 aromatic rings. The van der Waals surface area contributed by atoms with Crippen molar-refractivity contribution in [1.29, 1.82) is 0 Å². The molecule has 0 aliphatic heterocycles. The lowest BCUT2D eigenvalue weighted by Crippen LogP contribution is -2.28. The van der Waals surface area contributed by atoms with Crippen LogP contribution in [-0.4, -0.2) is 31.1 Å². The lowest BCUT2D eigenvalue weighted by Gasteiger charge is -2.28. The first-order valence-electron chi connectivity index (χ1n) is 5.26. The fourth-order valence-corrected chi connectivity index (χ4v) is 3.54. The summed E-state index contributed by atoms with van der Waals surface area (Å²) in [6.45, 7) is 1.77. The fourth-order valence-electron chi connectivity index (χ4n) is 2.33. The van der Waals surface area contributed by atoms with Crippen LogP contribution in [0.3, 0.4) is 0 Å². The van der Waals surface area contributed by atoms with Crippen LogP contribution in [0.4, 0.5) is 0 Å². The van der Waals surface area contributed by atoms with Gasteiger partial charge in [0.2, 0.25) is 0 Å². The van der Waals surface area contributed by atoms with E-state index >= 15 is 0 Å². The normalized spacial score (nSPS) is 31.4. The molecule has 0 radical (unpaired) electrons. The number of hydrogen-bond donors (Lipinski definition) is 1. The second-order valence-electron chi connectivity index (χ2n) is 4.57. The molecule has 1 N–H and O–H groups in total. The predicted molar refractivity (Wildman–Crippen MR) is 56.9 cm³/mol. The van der Waals surface area contributed by atoms with E-state index in [-0.39, 0.29) is 11.4 Å². The Balaban J connectivity index is 2.52. The highest BCUT2D eigenvalue weighted by atomic mass is 32.2. The molecule has 0 saturated heterocycles. The molecule has 3 unspecified atom stereocenters.